The number of rotatable bonds is 6. The van der Waals surface area contributed by atoms with Gasteiger partial charge in [-0.25, -0.2) is 5.43 Å². The van der Waals surface area contributed by atoms with Gasteiger partial charge >= 0.3 is 5.69 Å². The first-order chi connectivity index (χ1) is 13.9. The third-order valence-electron chi connectivity index (χ3n) is 4.60. The third kappa shape index (κ3) is 4.00. The van der Waals surface area contributed by atoms with Crippen molar-refractivity contribution in [3.05, 3.63) is 63.7 Å². The Morgan fingerprint density at radius 2 is 2.07 bits per heavy atom. The average molecular weight is 398 g/mol. The van der Waals surface area contributed by atoms with Crippen LogP contribution in [0.5, 0.6) is 11.5 Å². The predicted molar refractivity (Wildman–Crippen MR) is 103 cm³/mol. The number of methoxy groups -OCH3 is 1. The second-order valence-electron chi connectivity index (χ2n) is 6.29. The number of nitrogens with one attached hydrogen (secondary N) is 2. The first kappa shape index (κ1) is 19.8. The number of hydrogen-bond donors (Lipinski definition) is 3. The summed E-state index contributed by atoms with van der Waals surface area (Å²) in [4.78, 5) is 35.3. The zero-order chi connectivity index (χ0) is 21.0. The van der Waals surface area contributed by atoms with Crippen LogP contribution in [0.25, 0.3) is 0 Å². The van der Waals surface area contributed by atoms with Crippen LogP contribution in [0.4, 0.5) is 5.69 Å². The maximum Gasteiger partial charge on any atom is 0.323 e. The molecule has 10 nitrogen and oxygen atoms in total. The number of aromatic hydroxyl groups is 1. The fourth-order valence-electron chi connectivity index (χ4n) is 3.24. The molecule has 2 aromatic carbocycles. The monoisotopic (exact) mass is 398 g/mol. The van der Waals surface area contributed by atoms with Gasteiger partial charge in [0.1, 0.15) is 5.92 Å². The van der Waals surface area contributed by atoms with Gasteiger partial charge in [-0.2, -0.15) is 5.10 Å². The summed E-state index contributed by atoms with van der Waals surface area (Å²) in [5.74, 6) is -3.07. The number of phenolic OH excluding ortho intramolecular Hbond substituents is 1. The van der Waals surface area contributed by atoms with E-state index in [1.54, 1.807) is 0 Å². The van der Waals surface area contributed by atoms with E-state index in [-0.39, 0.29) is 17.2 Å². The van der Waals surface area contributed by atoms with E-state index in [1.165, 1.54) is 19.2 Å². The Morgan fingerprint density at radius 3 is 2.72 bits per heavy atom. The van der Waals surface area contributed by atoms with Crippen LogP contribution in [0.2, 0.25) is 0 Å². The summed E-state index contributed by atoms with van der Waals surface area (Å²) in [7, 11) is 1.19. The Hall–Kier alpha value is -3.95. The van der Waals surface area contributed by atoms with E-state index in [0.29, 0.717) is 6.54 Å². The van der Waals surface area contributed by atoms with Crippen LogP contribution in [0.1, 0.15) is 17.0 Å². The van der Waals surface area contributed by atoms with Crippen LogP contribution in [-0.2, 0) is 9.59 Å². The first-order valence-corrected chi connectivity index (χ1v) is 8.64. The lowest BCUT2D eigenvalue weighted by atomic mass is 9.88. The number of hydrazone groups is 1. The van der Waals surface area contributed by atoms with Gasteiger partial charge in [0.15, 0.2) is 5.75 Å². The minimum atomic E-state index is -0.973. The molecule has 150 valence electrons. The molecule has 1 saturated heterocycles. The van der Waals surface area contributed by atoms with Crippen molar-refractivity contribution in [1.29, 1.82) is 0 Å². The molecule has 0 radical (unpaired) electrons. The van der Waals surface area contributed by atoms with Gasteiger partial charge in [0.2, 0.25) is 11.7 Å². The van der Waals surface area contributed by atoms with E-state index in [1.807, 2.05) is 30.3 Å². The Kier molecular flexibility index (Phi) is 5.72. The number of amides is 2. The van der Waals surface area contributed by atoms with Crippen molar-refractivity contribution in [2.45, 2.75) is 5.92 Å². The summed E-state index contributed by atoms with van der Waals surface area (Å²) >= 11 is 0. The summed E-state index contributed by atoms with van der Waals surface area (Å²) in [5, 5.41) is 27.4. The highest BCUT2D eigenvalue weighted by molar-refractivity contribution is 6.03. The molecule has 0 saturated carbocycles. The molecule has 0 bridgehead atoms. The van der Waals surface area contributed by atoms with Gasteiger partial charge in [-0.3, -0.25) is 19.7 Å². The van der Waals surface area contributed by atoms with E-state index in [9.17, 15) is 24.8 Å². The Bertz CT molecular complexity index is 976. The molecule has 0 aliphatic carbocycles. The Balaban J connectivity index is 1.79. The van der Waals surface area contributed by atoms with Crippen LogP contribution >= 0.6 is 0 Å². The van der Waals surface area contributed by atoms with Gasteiger partial charge in [0.25, 0.3) is 5.91 Å². The van der Waals surface area contributed by atoms with Crippen molar-refractivity contribution in [2.75, 3.05) is 13.7 Å². The third-order valence-corrected chi connectivity index (χ3v) is 4.60. The largest absolute Gasteiger partial charge is 0.504 e. The maximum absolute atomic E-state index is 12.5. The quantitative estimate of drug-likeness (QED) is 0.290. The standard InChI is InChI=1S/C19H18N4O6/c1-29-17-14(24)8-7-12(16(17)23(27)28)9-21-22-19(26)15-13(10-20-18(15)25)11-5-3-2-4-6-11/h2-9,13,15,24H,10H2,1H3,(H,20,25)(H,22,26)/b21-9-. The molecule has 2 amide bonds. The molecule has 2 aromatic rings. The number of ether oxygens (including phenoxy) is 1. The molecule has 2 atom stereocenters. The van der Waals surface area contributed by atoms with Gasteiger partial charge < -0.3 is 15.2 Å². The van der Waals surface area contributed by atoms with Crippen molar-refractivity contribution in [3.8, 4) is 11.5 Å². The molecule has 29 heavy (non-hydrogen) atoms. The molecule has 1 aliphatic rings. The highest BCUT2D eigenvalue weighted by Crippen LogP contribution is 2.38. The van der Waals surface area contributed by atoms with Gasteiger partial charge in [-0.05, 0) is 17.7 Å². The highest BCUT2D eigenvalue weighted by atomic mass is 16.6. The van der Waals surface area contributed by atoms with Crippen LogP contribution in [0.15, 0.2) is 47.6 Å². The van der Waals surface area contributed by atoms with Gasteiger partial charge in [-0.1, -0.05) is 30.3 Å². The van der Waals surface area contributed by atoms with E-state index in [4.69, 9.17) is 4.74 Å². The van der Waals surface area contributed by atoms with E-state index >= 15 is 0 Å². The molecule has 1 heterocycles. The topological polar surface area (TPSA) is 143 Å². The second kappa shape index (κ2) is 8.38. The van der Waals surface area contributed by atoms with Crippen molar-refractivity contribution >= 4 is 23.7 Å². The van der Waals surface area contributed by atoms with Crippen LogP contribution < -0.4 is 15.5 Å². The molecule has 0 spiro atoms. The second-order valence-corrected chi connectivity index (χ2v) is 6.29. The van der Waals surface area contributed by atoms with Gasteiger partial charge in [0.05, 0.1) is 23.8 Å². The molecule has 0 aromatic heterocycles. The van der Waals surface area contributed by atoms with Crippen molar-refractivity contribution < 1.29 is 24.4 Å². The fourth-order valence-corrected chi connectivity index (χ4v) is 3.24. The van der Waals surface area contributed by atoms with Crippen LogP contribution in [0, 0.1) is 16.0 Å². The molecule has 3 rings (SSSR count). The van der Waals surface area contributed by atoms with Crippen LogP contribution in [0.3, 0.4) is 0 Å². The maximum atomic E-state index is 12.5. The van der Waals surface area contributed by atoms with Crippen molar-refractivity contribution in [3.63, 3.8) is 0 Å². The summed E-state index contributed by atoms with van der Waals surface area (Å²) in [6.07, 6.45) is 1.06. The number of nitro groups is 1. The number of nitro benzene ring substituents is 1. The van der Waals surface area contributed by atoms with Gasteiger partial charge in [-0.15, -0.1) is 0 Å². The average Bonchev–Trinajstić information content (AvgIpc) is 3.10. The van der Waals surface area contributed by atoms with E-state index in [0.717, 1.165) is 11.8 Å². The minimum Gasteiger partial charge on any atom is -0.504 e. The zero-order valence-corrected chi connectivity index (χ0v) is 15.4. The fraction of sp³-hybridized carbons (Fsp3) is 0.211. The number of carbonyl (C=O) groups is 2. The molecule has 10 heteroatoms. The molecule has 3 N–H and O–H groups in total. The SMILES string of the molecule is COc1c(O)ccc(/C=N\NC(=O)C2C(=O)NCC2c2ccccc2)c1[N+](=O)[O-]. The number of nitrogens with zero attached hydrogens (tertiary/aromatic N) is 2. The smallest absolute Gasteiger partial charge is 0.323 e. The summed E-state index contributed by atoms with van der Waals surface area (Å²) < 4.78 is 4.87. The number of hydrogen-bond acceptors (Lipinski definition) is 7. The van der Waals surface area contributed by atoms with Crippen molar-refractivity contribution in [2.24, 2.45) is 11.0 Å². The molecule has 2 unspecified atom stereocenters. The Labute approximate surface area is 165 Å². The number of carbonyl (C=O) groups excluding carboxylic acids is 2. The van der Waals surface area contributed by atoms with Crippen molar-refractivity contribution in [1.82, 2.24) is 10.7 Å². The normalized spacial score (nSPS) is 18.4. The lowest BCUT2D eigenvalue weighted by Gasteiger charge is -2.15. The molecule has 1 fully saturated rings. The molecular formula is C19H18N4O6. The molecule has 1 aliphatic heterocycles. The van der Waals surface area contributed by atoms with E-state index < -0.39 is 34.1 Å². The van der Waals surface area contributed by atoms with Gasteiger partial charge in [0, 0.05) is 12.5 Å². The molecular weight excluding hydrogens is 380 g/mol. The van der Waals surface area contributed by atoms with Crippen LogP contribution in [-0.4, -0.2) is 41.7 Å². The summed E-state index contributed by atoms with van der Waals surface area (Å²) in [6.45, 7) is 0.325. The van der Waals surface area contributed by atoms with E-state index in [2.05, 4.69) is 15.8 Å². The predicted octanol–water partition coefficient (Wildman–Crippen LogP) is 1.29. The lowest BCUT2D eigenvalue weighted by molar-refractivity contribution is -0.386. The summed E-state index contributed by atoms with van der Waals surface area (Å²) in [6, 6.07) is 11.6. The summed E-state index contributed by atoms with van der Waals surface area (Å²) in [5.41, 5.74) is 2.63. The zero-order valence-electron chi connectivity index (χ0n) is 15.4. The highest BCUT2D eigenvalue weighted by Gasteiger charge is 2.41. The lowest BCUT2D eigenvalue weighted by Crippen LogP contribution is -2.34. The number of benzene rings is 2. The Morgan fingerprint density at radius 1 is 1.34 bits per heavy atom. The number of phenols is 1. The minimum absolute atomic E-state index is 0.0143. The first-order valence-electron chi connectivity index (χ1n) is 8.64.